The fourth-order valence-corrected chi connectivity index (χ4v) is 4.48. The number of amides is 1. The van der Waals surface area contributed by atoms with Crippen molar-refractivity contribution in [2.24, 2.45) is 0 Å². The van der Waals surface area contributed by atoms with E-state index in [0.717, 1.165) is 34.4 Å². The van der Waals surface area contributed by atoms with Crippen LogP contribution in [0.3, 0.4) is 0 Å². The number of hydrogen-bond donors (Lipinski definition) is 1. The number of carbonyl (C=O) groups is 2. The summed E-state index contributed by atoms with van der Waals surface area (Å²) in [5.74, 6) is -0.709. The van der Waals surface area contributed by atoms with Crippen LogP contribution in [0, 0.1) is 13.8 Å². The number of ether oxygens (including phenoxy) is 1. The Labute approximate surface area is 186 Å². The Morgan fingerprint density at radius 1 is 1.00 bits per heavy atom. The fourth-order valence-electron chi connectivity index (χ4n) is 4.48. The van der Waals surface area contributed by atoms with Gasteiger partial charge in [0.2, 0.25) is 0 Å². The minimum Gasteiger partial charge on any atom is -0.507 e. The van der Waals surface area contributed by atoms with Gasteiger partial charge in [-0.15, -0.1) is 0 Å². The fraction of sp³-hybridized carbons (Fsp3) is 0.185. The molecule has 1 atom stereocenters. The lowest BCUT2D eigenvalue weighted by atomic mass is 9.92. The number of Topliss-reactive ketones (excluding diaryl/α,β-unsaturated/α-hetero) is 1. The molecule has 5 rings (SSSR count). The summed E-state index contributed by atoms with van der Waals surface area (Å²) in [4.78, 5) is 28.0. The van der Waals surface area contributed by atoms with Gasteiger partial charge in [-0.2, -0.15) is 0 Å². The first-order valence-electron chi connectivity index (χ1n) is 10.6. The zero-order valence-electron chi connectivity index (χ0n) is 18.0. The number of aliphatic hydroxyl groups excluding tert-OH is 1. The number of anilines is 1. The Bertz CT molecular complexity index is 1270. The van der Waals surface area contributed by atoms with Gasteiger partial charge in [0, 0.05) is 17.7 Å². The maximum atomic E-state index is 13.3. The molecule has 0 bridgehead atoms. The Hall–Kier alpha value is -3.86. The molecule has 2 heterocycles. The summed E-state index contributed by atoms with van der Waals surface area (Å²) in [5.41, 5.74) is 5.00. The van der Waals surface area contributed by atoms with Crippen LogP contribution < -0.4 is 9.64 Å². The van der Waals surface area contributed by atoms with Crippen molar-refractivity contribution in [2.45, 2.75) is 26.3 Å². The molecule has 1 amide bonds. The van der Waals surface area contributed by atoms with Crippen LogP contribution >= 0.6 is 0 Å². The molecule has 1 N–H and O–H groups in total. The van der Waals surface area contributed by atoms with Crippen LogP contribution in [-0.2, 0) is 16.0 Å². The van der Waals surface area contributed by atoms with Crippen molar-refractivity contribution in [3.05, 3.63) is 100 Å². The summed E-state index contributed by atoms with van der Waals surface area (Å²) in [5, 5.41) is 11.3. The van der Waals surface area contributed by atoms with Crippen molar-refractivity contribution < 1.29 is 19.4 Å². The van der Waals surface area contributed by atoms with Crippen molar-refractivity contribution in [3.8, 4) is 5.75 Å². The van der Waals surface area contributed by atoms with E-state index in [4.69, 9.17) is 4.74 Å². The lowest BCUT2D eigenvalue weighted by Crippen LogP contribution is -2.29. The lowest BCUT2D eigenvalue weighted by Gasteiger charge is -2.26. The molecule has 3 aromatic rings. The van der Waals surface area contributed by atoms with Crippen molar-refractivity contribution >= 4 is 23.1 Å². The predicted octanol–water partition coefficient (Wildman–Crippen LogP) is 4.86. The second kappa shape index (κ2) is 7.68. The standard InChI is InChI=1S/C27H23NO4/c1-16-7-10-20(11-8-16)28-24(21-6-4-3-5-17(21)2)23(26(30)27(28)31)25(29)19-9-12-22-18(15-19)13-14-32-22/h3-12,15,24,29H,13-14H2,1-2H3/b25-23+. The third-order valence-electron chi connectivity index (χ3n) is 6.20. The molecule has 5 nitrogen and oxygen atoms in total. The molecule has 0 spiro atoms. The van der Waals surface area contributed by atoms with E-state index >= 15 is 0 Å². The molecule has 1 saturated heterocycles. The second-order valence-electron chi connectivity index (χ2n) is 8.28. The van der Waals surface area contributed by atoms with Gasteiger partial charge >= 0.3 is 0 Å². The molecule has 3 aromatic carbocycles. The summed E-state index contributed by atoms with van der Waals surface area (Å²) >= 11 is 0. The molecule has 5 heteroatoms. The normalized spacial score (nSPS) is 19.2. The Morgan fingerprint density at radius 2 is 1.75 bits per heavy atom. The van der Waals surface area contributed by atoms with Gasteiger partial charge < -0.3 is 9.84 Å². The maximum absolute atomic E-state index is 13.3. The zero-order chi connectivity index (χ0) is 22.4. The van der Waals surface area contributed by atoms with Gasteiger partial charge in [-0.05, 0) is 60.9 Å². The third kappa shape index (κ3) is 3.17. The van der Waals surface area contributed by atoms with Gasteiger partial charge in [0.15, 0.2) is 0 Å². The van der Waals surface area contributed by atoms with E-state index in [1.54, 1.807) is 12.1 Å². The predicted molar refractivity (Wildman–Crippen MR) is 123 cm³/mol. The quantitative estimate of drug-likeness (QED) is 0.370. The van der Waals surface area contributed by atoms with Crippen LogP contribution in [-0.4, -0.2) is 23.4 Å². The summed E-state index contributed by atoms with van der Waals surface area (Å²) < 4.78 is 5.56. The Kier molecular flexibility index (Phi) is 4.82. The lowest BCUT2D eigenvalue weighted by molar-refractivity contribution is -0.132. The van der Waals surface area contributed by atoms with Crippen molar-refractivity contribution in [1.82, 2.24) is 0 Å². The highest BCUT2D eigenvalue weighted by Gasteiger charge is 2.47. The SMILES string of the molecule is Cc1ccc(N2C(=O)C(=O)/C(=C(/O)c3ccc4c(c3)CCO4)C2c2ccccc2C)cc1. The van der Waals surface area contributed by atoms with Crippen LogP contribution in [0.4, 0.5) is 5.69 Å². The van der Waals surface area contributed by atoms with E-state index in [-0.39, 0.29) is 11.3 Å². The Morgan fingerprint density at radius 3 is 2.50 bits per heavy atom. The number of benzene rings is 3. The van der Waals surface area contributed by atoms with Crippen LogP contribution in [0.15, 0.2) is 72.3 Å². The van der Waals surface area contributed by atoms with Gasteiger partial charge in [0.05, 0.1) is 18.2 Å². The molecular weight excluding hydrogens is 402 g/mol. The monoisotopic (exact) mass is 425 g/mol. The molecule has 32 heavy (non-hydrogen) atoms. The summed E-state index contributed by atoms with van der Waals surface area (Å²) in [6.45, 7) is 4.51. The number of fused-ring (bicyclic) bond motifs is 1. The van der Waals surface area contributed by atoms with Crippen molar-refractivity contribution in [1.29, 1.82) is 0 Å². The highest BCUT2D eigenvalue weighted by Crippen LogP contribution is 2.43. The molecule has 1 fully saturated rings. The Balaban J connectivity index is 1.72. The number of carbonyl (C=O) groups excluding carboxylic acids is 2. The van der Waals surface area contributed by atoms with Gasteiger partial charge in [-0.3, -0.25) is 14.5 Å². The molecule has 0 aromatic heterocycles. The third-order valence-corrected chi connectivity index (χ3v) is 6.20. The van der Waals surface area contributed by atoms with Gasteiger partial charge in [0.25, 0.3) is 11.7 Å². The summed E-state index contributed by atoms with van der Waals surface area (Å²) in [7, 11) is 0. The van der Waals surface area contributed by atoms with E-state index in [2.05, 4.69) is 0 Å². The summed E-state index contributed by atoms with van der Waals surface area (Å²) in [6, 6.07) is 19.8. The molecule has 1 unspecified atom stereocenters. The average molecular weight is 425 g/mol. The minimum atomic E-state index is -0.719. The van der Waals surface area contributed by atoms with Gasteiger partial charge in [0.1, 0.15) is 11.5 Å². The largest absolute Gasteiger partial charge is 0.507 e. The number of hydrogen-bond acceptors (Lipinski definition) is 4. The van der Waals surface area contributed by atoms with Crippen molar-refractivity contribution in [2.75, 3.05) is 11.5 Å². The molecular formula is C27H23NO4. The molecule has 0 aliphatic carbocycles. The van der Waals surface area contributed by atoms with E-state index in [1.165, 1.54) is 4.90 Å². The second-order valence-corrected chi connectivity index (χ2v) is 8.28. The average Bonchev–Trinajstić information content (AvgIpc) is 3.36. The van der Waals surface area contributed by atoms with Crippen LogP contribution in [0.25, 0.3) is 5.76 Å². The van der Waals surface area contributed by atoms with Gasteiger partial charge in [-0.1, -0.05) is 42.0 Å². The molecule has 2 aliphatic rings. The highest BCUT2D eigenvalue weighted by atomic mass is 16.5. The first-order chi connectivity index (χ1) is 15.5. The number of aliphatic hydroxyl groups is 1. The van der Waals surface area contributed by atoms with E-state index < -0.39 is 17.7 Å². The first kappa shape index (κ1) is 20.1. The van der Waals surface area contributed by atoms with E-state index in [9.17, 15) is 14.7 Å². The van der Waals surface area contributed by atoms with Crippen LogP contribution in [0.1, 0.15) is 33.9 Å². The number of nitrogens with zero attached hydrogens (tertiary/aromatic N) is 1. The maximum Gasteiger partial charge on any atom is 0.300 e. The van der Waals surface area contributed by atoms with Crippen LogP contribution in [0.5, 0.6) is 5.75 Å². The topological polar surface area (TPSA) is 66.8 Å². The molecule has 0 saturated carbocycles. The highest BCUT2D eigenvalue weighted by molar-refractivity contribution is 6.51. The summed E-state index contributed by atoms with van der Waals surface area (Å²) in [6.07, 6.45) is 0.745. The van der Waals surface area contributed by atoms with E-state index in [1.807, 2.05) is 68.4 Å². The minimum absolute atomic E-state index is 0.101. The van der Waals surface area contributed by atoms with Crippen molar-refractivity contribution in [3.63, 3.8) is 0 Å². The number of rotatable bonds is 3. The smallest absolute Gasteiger partial charge is 0.300 e. The number of ketones is 1. The van der Waals surface area contributed by atoms with Crippen LogP contribution in [0.2, 0.25) is 0 Å². The van der Waals surface area contributed by atoms with Gasteiger partial charge in [-0.25, -0.2) is 0 Å². The number of aryl methyl sites for hydroxylation is 2. The molecule has 160 valence electrons. The zero-order valence-corrected chi connectivity index (χ0v) is 18.0. The molecule has 0 radical (unpaired) electrons. The first-order valence-corrected chi connectivity index (χ1v) is 10.6. The molecule has 2 aliphatic heterocycles. The van der Waals surface area contributed by atoms with E-state index in [0.29, 0.717) is 17.9 Å².